The second-order valence-electron chi connectivity index (χ2n) is 6.71. The molecule has 1 aromatic rings. The van der Waals surface area contributed by atoms with Gasteiger partial charge in [-0.15, -0.1) is 0 Å². The quantitative estimate of drug-likeness (QED) is 0.664. The Hall–Kier alpha value is -2.00. The Morgan fingerprint density at radius 1 is 1.36 bits per heavy atom. The summed E-state index contributed by atoms with van der Waals surface area (Å²) < 4.78 is 42.0. The predicted octanol–water partition coefficient (Wildman–Crippen LogP) is 3.13. The summed E-state index contributed by atoms with van der Waals surface area (Å²) in [4.78, 5) is 25.3. The highest BCUT2D eigenvalue weighted by molar-refractivity contribution is 6.31. The van der Waals surface area contributed by atoms with Crippen LogP contribution in [0.3, 0.4) is 0 Å². The second kappa shape index (κ2) is 9.97. The molecule has 2 amide bonds. The van der Waals surface area contributed by atoms with Gasteiger partial charge in [-0.2, -0.15) is 13.2 Å². The first-order chi connectivity index (χ1) is 13.2. The number of carbonyl (C=O) groups is 2. The summed E-state index contributed by atoms with van der Waals surface area (Å²) in [7, 11) is 1.25. The van der Waals surface area contributed by atoms with Crippen molar-refractivity contribution in [3.63, 3.8) is 0 Å². The summed E-state index contributed by atoms with van der Waals surface area (Å²) in [6.45, 7) is -0.0784. The number of methoxy groups -OCH3 is 1. The number of carbonyl (C=O) groups excluding carboxylic acids is 2. The fourth-order valence-corrected chi connectivity index (χ4v) is 3.44. The van der Waals surface area contributed by atoms with Crippen molar-refractivity contribution < 1.29 is 27.5 Å². The number of amides is 2. The van der Waals surface area contributed by atoms with Gasteiger partial charge in [0.25, 0.3) is 0 Å². The highest BCUT2D eigenvalue weighted by Crippen LogP contribution is 2.26. The largest absolute Gasteiger partial charge is 0.469 e. The van der Waals surface area contributed by atoms with Crippen LogP contribution >= 0.6 is 11.6 Å². The van der Waals surface area contributed by atoms with E-state index in [1.807, 2.05) is 0 Å². The van der Waals surface area contributed by atoms with Crippen molar-refractivity contribution in [1.82, 2.24) is 15.5 Å². The molecule has 0 bridgehead atoms. The Morgan fingerprint density at radius 2 is 2.07 bits per heavy atom. The van der Waals surface area contributed by atoms with Crippen molar-refractivity contribution in [2.75, 3.05) is 33.3 Å². The first kappa shape index (κ1) is 22.3. The molecule has 2 rings (SSSR count). The predicted molar refractivity (Wildman–Crippen MR) is 98.0 cm³/mol. The van der Waals surface area contributed by atoms with Crippen molar-refractivity contribution in [2.24, 2.45) is 5.92 Å². The van der Waals surface area contributed by atoms with E-state index >= 15 is 0 Å². The lowest BCUT2D eigenvalue weighted by Gasteiger charge is -2.21. The summed E-state index contributed by atoms with van der Waals surface area (Å²) in [5, 5.41) is 5.75. The van der Waals surface area contributed by atoms with E-state index in [-0.39, 0.29) is 25.4 Å². The molecule has 1 fully saturated rings. The zero-order valence-electron chi connectivity index (χ0n) is 15.4. The summed E-state index contributed by atoms with van der Waals surface area (Å²) in [6.07, 6.45) is -3.75. The number of halogens is 4. The molecule has 6 nitrogen and oxygen atoms in total. The molecule has 0 radical (unpaired) electrons. The van der Waals surface area contributed by atoms with Crippen LogP contribution in [0.5, 0.6) is 0 Å². The van der Waals surface area contributed by atoms with E-state index < -0.39 is 30.8 Å². The molecular weight excluding hydrogens is 399 g/mol. The maximum atomic E-state index is 12.4. The number of urea groups is 1. The Morgan fingerprint density at radius 3 is 2.71 bits per heavy atom. The number of nitrogens with zero attached hydrogens (tertiary/aromatic N) is 1. The lowest BCUT2D eigenvalue weighted by molar-refractivity contribution is -0.144. The van der Waals surface area contributed by atoms with Crippen LogP contribution in [0.25, 0.3) is 0 Å². The van der Waals surface area contributed by atoms with Crippen LogP contribution in [-0.4, -0.2) is 56.4 Å². The van der Waals surface area contributed by atoms with Gasteiger partial charge in [-0.3, -0.25) is 9.69 Å². The lowest BCUT2D eigenvalue weighted by Crippen LogP contribution is -2.41. The normalized spacial score (nSPS) is 18.5. The van der Waals surface area contributed by atoms with Crippen LogP contribution in [-0.2, 0) is 9.53 Å². The monoisotopic (exact) mass is 421 g/mol. The third kappa shape index (κ3) is 7.20. The van der Waals surface area contributed by atoms with E-state index in [0.29, 0.717) is 23.6 Å². The van der Waals surface area contributed by atoms with Gasteiger partial charge in [0, 0.05) is 18.1 Å². The summed E-state index contributed by atoms with van der Waals surface area (Å²) in [5.41, 5.74) is 0.571. The number of benzene rings is 1. The first-order valence-electron chi connectivity index (χ1n) is 8.82. The lowest BCUT2D eigenvalue weighted by atomic mass is 10.0. The van der Waals surface area contributed by atoms with Crippen molar-refractivity contribution in [3.8, 4) is 0 Å². The Labute approximate surface area is 166 Å². The fraction of sp³-hybridized carbons (Fsp3) is 0.556. The van der Waals surface area contributed by atoms with Crippen LogP contribution in [0.4, 0.5) is 18.0 Å². The third-order valence-electron chi connectivity index (χ3n) is 4.51. The number of hydrogen-bond acceptors (Lipinski definition) is 4. The third-order valence-corrected chi connectivity index (χ3v) is 4.85. The molecule has 0 spiro atoms. The van der Waals surface area contributed by atoms with Crippen molar-refractivity contribution in [2.45, 2.75) is 25.1 Å². The molecule has 2 atom stereocenters. The maximum Gasteiger partial charge on any atom is 0.401 e. The van der Waals surface area contributed by atoms with Gasteiger partial charge in [0.1, 0.15) is 0 Å². The van der Waals surface area contributed by atoms with Gasteiger partial charge in [-0.25, -0.2) is 4.79 Å². The van der Waals surface area contributed by atoms with Crippen LogP contribution in [0.15, 0.2) is 24.3 Å². The number of ether oxygens (including phenoxy) is 1. The molecule has 2 unspecified atom stereocenters. The molecule has 1 heterocycles. The van der Waals surface area contributed by atoms with Crippen molar-refractivity contribution in [1.29, 1.82) is 0 Å². The van der Waals surface area contributed by atoms with Gasteiger partial charge in [0.15, 0.2) is 0 Å². The van der Waals surface area contributed by atoms with Gasteiger partial charge >= 0.3 is 18.2 Å². The maximum absolute atomic E-state index is 12.4. The topological polar surface area (TPSA) is 70.7 Å². The zero-order valence-corrected chi connectivity index (χ0v) is 16.1. The SMILES string of the molecule is COC(=O)CC(NC(=O)NCC1CCN(CC(F)(F)F)C1)c1ccccc1Cl. The first-order valence-corrected chi connectivity index (χ1v) is 9.20. The number of rotatable bonds is 7. The summed E-state index contributed by atoms with van der Waals surface area (Å²) in [5.74, 6) is -0.573. The molecule has 0 saturated carbocycles. The van der Waals surface area contributed by atoms with E-state index in [9.17, 15) is 22.8 Å². The minimum absolute atomic E-state index is 0.0625. The minimum atomic E-state index is -4.23. The van der Waals surface area contributed by atoms with Crippen molar-refractivity contribution >= 4 is 23.6 Å². The van der Waals surface area contributed by atoms with Crippen LogP contribution in [0, 0.1) is 5.92 Å². The van der Waals surface area contributed by atoms with Gasteiger partial charge in [-0.05, 0) is 30.5 Å². The van der Waals surface area contributed by atoms with E-state index in [0.717, 1.165) is 0 Å². The Bertz CT molecular complexity index is 688. The average molecular weight is 422 g/mol. The van der Waals surface area contributed by atoms with E-state index in [1.54, 1.807) is 24.3 Å². The summed E-state index contributed by atoms with van der Waals surface area (Å²) in [6, 6.07) is 5.60. The zero-order chi connectivity index (χ0) is 20.7. The average Bonchev–Trinajstić information content (AvgIpc) is 3.05. The summed E-state index contributed by atoms with van der Waals surface area (Å²) >= 11 is 6.16. The highest BCUT2D eigenvalue weighted by atomic mass is 35.5. The number of esters is 1. The van der Waals surface area contributed by atoms with Gasteiger partial charge in [0.2, 0.25) is 0 Å². The van der Waals surface area contributed by atoms with Gasteiger partial charge in [-0.1, -0.05) is 29.8 Å². The molecule has 0 aromatic heterocycles. The van der Waals surface area contributed by atoms with E-state index in [1.165, 1.54) is 12.0 Å². The van der Waals surface area contributed by atoms with E-state index in [4.69, 9.17) is 11.6 Å². The number of alkyl halides is 3. The molecule has 1 saturated heterocycles. The van der Waals surface area contributed by atoms with Crippen LogP contribution < -0.4 is 10.6 Å². The Kier molecular flexibility index (Phi) is 7.94. The second-order valence-corrected chi connectivity index (χ2v) is 7.12. The van der Waals surface area contributed by atoms with Crippen LogP contribution in [0.1, 0.15) is 24.4 Å². The molecule has 1 aliphatic heterocycles. The van der Waals surface area contributed by atoms with Crippen LogP contribution in [0.2, 0.25) is 5.02 Å². The molecule has 0 aliphatic carbocycles. The molecule has 28 heavy (non-hydrogen) atoms. The molecule has 1 aromatic carbocycles. The minimum Gasteiger partial charge on any atom is -0.469 e. The number of likely N-dealkylation sites (tertiary alicyclic amines) is 1. The Balaban J connectivity index is 1.88. The molecule has 1 aliphatic rings. The highest BCUT2D eigenvalue weighted by Gasteiger charge is 2.34. The van der Waals surface area contributed by atoms with Crippen molar-refractivity contribution in [3.05, 3.63) is 34.9 Å². The number of nitrogens with one attached hydrogen (secondary N) is 2. The van der Waals surface area contributed by atoms with E-state index in [2.05, 4.69) is 15.4 Å². The fourth-order valence-electron chi connectivity index (χ4n) is 3.17. The molecule has 10 heteroatoms. The molecular formula is C18H23ClF3N3O3. The van der Waals surface area contributed by atoms with Gasteiger partial charge in [0.05, 0.1) is 26.1 Å². The van der Waals surface area contributed by atoms with Gasteiger partial charge < -0.3 is 15.4 Å². The standard InChI is InChI=1S/C18H23ClF3N3O3/c1-28-16(26)8-15(13-4-2-3-5-14(13)19)24-17(27)23-9-12-6-7-25(10-12)11-18(20,21)22/h2-5,12,15H,6-11H2,1H3,(H2,23,24,27). The molecule has 156 valence electrons. The number of hydrogen-bond donors (Lipinski definition) is 2. The smallest absolute Gasteiger partial charge is 0.401 e. The molecule has 2 N–H and O–H groups in total.